The third kappa shape index (κ3) is 4.77. The molecule has 1 atom stereocenters. The zero-order valence-electron chi connectivity index (χ0n) is 19.6. The summed E-state index contributed by atoms with van der Waals surface area (Å²) in [6.45, 7) is 9.67. The number of nitrogens with one attached hydrogen (secondary N) is 1. The van der Waals surface area contributed by atoms with E-state index in [4.69, 9.17) is 14.1 Å². The molecule has 2 heterocycles. The average molecular weight is 448 g/mol. The zero-order valence-corrected chi connectivity index (χ0v) is 19.6. The minimum Gasteiger partial charge on any atom is -0.448 e. The van der Waals surface area contributed by atoms with Gasteiger partial charge in [0.25, 0.3) is 5.56 Å². The summed E-state index contributed by atoms with van der Waals surface area (Å²) in [6, 6.07) is 16.6. The Hall–Kier alpha value is -3.61. The van der Waals surface area contributed by atoms with Crippen molar-refractivity contribution in [2.45, 2.75) is 52.8 Å². The van der Waals surface area contributed by atoms with E-state index in [-0.39, 0.29) is 17.1 Å². The quantitative estimate of drug-likeness (QED) is 0.442. The van der Waals surface area contributed by atoms with Crippen LogP contribution in [0.3, 0.4) is 0 Å². The number of carbonyl (C=O) groups is 1. The molecule has 0 radical (unpaired) electrons. The maximum atomic E-state index is 13.7. The first-order chi connectivity index (χ1) is 15.6. The number of aromatic nitrogens is 2. The Morgan fingerprint density at radius 2 is 1.76 bits per heavy atom. The number of hydrogen-bond acceptors (Lipinski definition) is 5. The van der Waals surface area contributed by atoms with Crippen molar-refractivity contribution >= 4 is 28.2 Å². The minimum absolute atomic E-state index is 0.0537. The zero-order chi connectivity index (χ0) is 23.8. The van der Waals surface area contributed by atoms with Crippen LogP contribution in [0.1, 0.15) is 52.0 Å². The van der Waals surface area contributed by atoms with E-state index >= 15 is 0 Å². The molecule has 172 valence electrons. The first-order valence-electron chi connectivity index (χ1n) is 11.1. The van der Waals surface area contributed by atoms with Crippen LogP contribution >= 0.6 is 0 Å². The molecular weight excluding hydrogens is 418 g/mol. The first kappa shape index (κ1) is 22.6. The fourth-order valence-electron chi connectivity index (χ4n) is 3.81. The van der Waals surface area contributed by atoms with Crippen molar-refractivity contribution in [2.24, 2.45) is 5.92 Å². The molecule has 0 saturated carbocycles. The second-order valence-corrected chi connectivity index (χ2v) is 9.49. The van der Waals surface area contributed by atoms with Crippen LogP contribution in [-0.2, 0) is 11.3 Å². The van der Waals surface area contributed by atoms with Gasteiger partial charge in [0, 0.05) is 5.39 Å². The van der Waals surface area contributed by atoms with Gasteiger partial charge in [-0.05, 0) is 44.4 Å². The van der Waals surface area contributed by atoms with E-state index < -0.39 is 17.7 Å². The first-order valence-corrected chi connectivity index (χ1v) is 11.1. The molecule has 1 N–H and O–H groups in total. The van der Waals surface area contributed by atoms with Crippen LogP contribution in [0.4, 0.5) is 4.79 Å². The van der Waals surface area contributed by atoms with Gasteiger partial charge in [0.2, 0.25) is 5.58 Å². The molecule has 2 aromatic heterocycles. The van der Waals surface area contributed by atoms with Crippen molar-refractivity contribution in [1.29, 1.82) is 0 Å². The van der Waals surface area contributed by atoms with E-state index in [1.807, 2.05) is 89.2 Å². The van der Waals surface area contributed by atoms with Gasteiger partial charge in [-0.3, -0.25) is 9.36 Å². The highest BCUT2D eigenvalue weighted by Crippen LogP contribution is 2.28. The molecule has 0 saturated heterocycles. The lowest BCUT2D eigenvalue weighted by atomic mass is 10.0. The number of benzene rings is 2. The SMILES string of the molecule is CC(C)[C@@H](NC(=O)OC(C)(C)C)c1nc2c(oc3ccccc32)c(=O)n1Cc1ccccc1. The number of nitrogens with zero attached hydrogens (tertiary/aromatic N) is 2. The summed E-state index contributed by atoms with van der Waals surface area (Å²) in [5, 5.41) is 3.70. The summed E-state index contributed by atoms with van der Waals surface area (Å²) in [7, 11) is 0. The molecule has 0 aliphatic carbocycles. The number of rotatable bonds is 5. The standard InChI is InChI=1S/C26H29N3O4/c1-16(2)20(28-25(31)33-26(3,4)5)23-27-21-18-13-9-10-14-19(18)32-22(21)24(30)29(23)15-17-11-7-6-8-12-17/h6-14,16,20H,15H2,1-5H3,(H,28,31)/t20-/m1/s1. The number of carbonyl (C=O) groups excluding carboxylic acids is 1. The Bertz CT molecular complexity index is 1350. The Kier molecular flexibility index (Phi) is 5.97. The lowest BCUT2D eigenvalue weighted by Gasteiger charge is -2.27. The Labute approximate surface area is 192 Å². The van der Waals surface area contributed by atoms with Gasteiger partial charge in [-0.15, -0.1) is 0 Å². The molecule has 0 unspecified atom stereocenters. The van der Waals surface area contributed by atoms with Gasteiger partial charge in [0.1, 0.15) is 22.5 Å². The Balaban J connectivity index is 1.91. The number of alkyl carbamates (subject to hydrolysis) is 1. The topological polar surface area (TPSA) is 86.4 Å². The molecule has 4 aromatic rings. The molecule has 7 nitrogen and oxygen atoms in total. The normalized spacial score (nSPS) is 12.9. The lowest BCUT2D eigenvalue weighted by molar-refractivity contribution is 0.0485. The van der Waals surface area contributed by atoms with Crippen molar-refractivity contribution in [2.75, 3.05) is 0 Å². The average Bonchev–Trinajstić information content (AvgIpc) is 3.12. The fourth-order valence-corrected chi connectivity index (χ4v) is 3.81. The van der Waals surface area contributed by atoms with Gasteiger partial charge < -0.3 is 14.5 Å². The summed E-state index contributed by atoms with van der Waals surface area (Å²) < 4.78 is 13.0. The third-order valence-corrected chi connectivity index (χ3v) is 5.31. The van der Waals surface area contributed by atoms with Crippen LogP contribution < -0.4 is 10.9 Å². The highest BCUT2D eigenvalue weighted by molar-refractivity contribution is 6.01. The predicted molar refractivity (Wildman–Crippen MR) is 128 cm³/mol. The van der Waals surface area contributed by atoms with Crippen LogP contribution in [0.2, 0.25) is 0 Å². The maximum Gasteiger partial charge on any atom is 0.408 e. The van der Waals surface area contributed by atoms with Crippen molar-refractivity contribution in [1.82, 2.24) is 14.9 Å². The number of fused-ring (bicyclic) bond motifs is 3. The number of para-hydroxylation sites is 1. The fraction of sp³-hybridized carbons (Fsp3) is 0.346. The van der Waals surface area contributed by atoms with Gasteiger partial charge in [-0.1, -0.05) is 56.3 Å². The molecule has 2 aromatic carbocycles. The molecule has 0 bridgehead atoms. The van der Waals surface area contributed by atoms with Crippen LogP contribution in [0.5, 0.6) is 0 Å². The molecule has 0 spiro atoms. The van der Waals surface area contributed by atoms with Crippen LogP contribution in [0, 0.1) is 5.92 Å². The van der Waals surface area contributed by atoms with Crippen LogP contribution in [-0.4, -0.2) is 21.2 Å². The second-order valence-electron chi connectivity index (χ2n) is 9.49. The Morgan fingerprint density at radius 3 is 2.42 bits per heavy atom. The van der Waals surface area contributed by atoms with Crippen molar-refractivity contribution in [3.05, 3.63) is 76.3 Å². The van der Waals surface area contributed by atoms with E-state index in [2.05, 4.69) is 5.32 Å². The molecule has 4 rings (SSSR count). The Morgan fingerprint density at radius 1 is 1.09 bits per heavy atom. The van der Waals surface area contributed by atoms with Crippen LogP contribution in [0.15, 0.2) is 63.8 Å². The molecule has 7 heteroatoms. The van der Waals surface area contributed by atoms with E-state index in [0.29, 0.717) is 23.5 Å². The lowest BCUT2D eigenvalue weighted by Crippen LogP contribution is -2.40. The third-order valence-electron chi connectivity index (χ3n) is 5.31. The highest BCUT2D eigenvalue weighted by Gasteiger charge is 2.28. The summed E-state index contributed by atoms with van der Waals surface area (Å²) in [4.78, 5) is 31.2. The van der Waals surface area contributed by atoms with Crippen LogP contribution in [0.25, 0.3) is 22.1 Å². The summed E-state index contributed by atoms with van der Waals surface area (Å²) >= 11 is 0. The van der Waals surface area contributed by atoms with E-state index in [0.717, 1.165) is 10.9 Å². The second kappa shape index (κ2) is 8.73. The van der Waals surface area contributed by atoms with E-state index in [1.165, 1.54) is 0 Å². The van der Waals surface area contributed by atoms with Crippen molar-refractivity contribution in [3.8, 4) is 0 Å². The number of hydrogen-bond donors (Lipinski definition) is 1. The molecule has 33 heavy (non-hydrogen) atoms. The number of amides is 1. The summed E-state index contributed by atoms with van der Waals surface area (Å²) in [6.07, 6.45) is -0.557. The monoisotopic (exact) mass is 447 g/mol. The summed E-state index contributed by atoms with van der Waals surface area (Å²) in [5.41, 5.74) is 1.31. The largest absolute Gasteiger partial charge is 0.448 e. The predicted octanol–water partition coefficient (Wildman–Crippen LogP) is 5.41. The van der Waals surface area contributed by atoms with Gasteiger partial charge in [0.05, 0.1) is 12.6 Å². The van der Waals surface area contributed by atoms with Gasteiger partial charge >= 0.3 is 6.09 Å². The number of ether oxygens (including phenoxy) is 1. The molecule has 0 aliphatic rings. The molecular formula is C26H29N3O4. The molecule has 0 fully saturated rings. The van der Waals surface area contributed by atoms with Crippen molar-refractivity contribution < 1.29 is 13.9 Å². The molecule has 0 aliphatic heterocycles. The van der Waals surface area contributed by atoms with E-state index in [1.54, 1.807) is 4.57 Å². The summed E-state index contributed by atoms with van der Waals surface area (Å²) in [5.74, 6) is 0.408. The van der Waals surface area contributed by atoms with Gasteiger partial charge in [-0.25, -0.2) is 9.78 Å². The minimum atomic E-state index is -0.645. The maximum absolute atomic E-state index is 13.7. The van der Waals surface area contributed by atoms with E-state index in [9.17, 15) is 9.59 Å². The van der Waals surface area contributed by atoms with Crippen molar-refractivity contribution in [3.63, 3.8) is 0 Å². The number of furan rings is 1. The molecule has 1 amide bonds. The van der Waals surface area contributed by atoms with Gasteiger partial charge in [-0.2, -0.15) is 0 Å². The smallest absolute Gasteiger partial charge is 0.408 e. The highest BCUT2D eigenvalue weighted by atomic mass is 16.6. The van der Waals surface area contributed by atoms with Gasteiger partial charge in [0.15, 0.2) is 0 Å².